The van der Waals surface area contributed by atoms with Gasteiger partial charge < -0.3 is 10.1 Å². The van der Waals surface area contributed by atoms with Crippen molar-refractivity contribution in [2.45, 2.75) is 32.9 Å². The number of ether oxygens (including phenoxy) is 1. The van der Waals surface area contributed by atoms with E-state index in [0.717, 1.165) is 5.01 Å². The Hall–Kier alpha value is -1.24. The Morgan fingerprint density at radius 1 is 1.32 bits per heavy atom. The molecule has 0 aliphatic heterocycles. The molecule has 0 saturated carbocycles. The molecule has 2 heterocycles. The highest BCUT2D eigenvalue weighted by molar-refractivity contribution is 7.13. The van der Waals surface area contributed by atoms with Crippen LogP contribution in [0, 0.1) is 0 Å². The van der Waals surface area contributed by atoms with Crippen LogP contribution >= 0.6 is 22.9 Å². The Bertz CT molecular complexity index is 553. The summed E-state index contributed by atoms with van der Waals surface area (Å²) in [5.41, 5.74) is 0.0452. The van der Waals surface area contributed by atoms with E-state index >= 15 is 0 Å². The number of pyridine rings is 1. The first-order chi connectivity index (χ1) is 8.92. The average Bonchev–Trinajstić information content (AvgIpc) is 2.73. The maximum atomic E-state index is 5.83. The zero-order valence-electron chi connectivity index (χ0n) is 11.0. The molecule has 0 radical (unpaired) electrons. The largest absolute Gasteiger partial charge is 0.428 e. The van der Waals surface area contributed by atoms with E-state index in [9.17, 15) is 0 Å². The van der Waals surface area contributed by atoms with Crippen molar-refractivity contribution in [2.75, 3.05) is 0 Å². The molecule has 2 aromatic rings. The average molecular weight is 299 g/mol. The van der Waals surface area contributed by atoms with Gasteiger partial charge in [-0.1, -0.05) is 28.0 Å². The molecule has 2 rings (SSSR count). The van der Waals surface area contributed by atoms with E-state index in [1.165, 1.54) is 11.3 Å². The lowest BCUT2D eigenvalue weighted by Gasteiger charge is -2.19. The maximum absolute atomic E-state index is 5.83. The summed E-state index contributed by atoms with van der Waals surface area (Å²) >= 11 is 7.23. The second kappa shape index (κ2) is 5.81. The van der Waals surface area contributed by atoms with Crippen molar-refractivity contribution in [3.63, 3.8) is 0 Å². The third-order valence-electron chi connectivity index (χ3n) is 2.10. The molecule has 0 atom stereocenters. The van der Waals surface area contributed by atoms with Gasteiger partial charge in [-0.3, -0.25) is 4.98 Å². The standard InChI is InChI=1S/C12H15ClN4OS/c1-12(2,3)15-7-10-16-17-11(19-10)18-9-4-8(13)5-14-6-9/h4-6,15H,7H2,1-3H3. The highest BCUT2D eigenvalue weighted by Crippen LogP contribution is 2.26. The van der Waals surface area contributed by atoms with Gasteiger partial charge in [0.1, 0.15) is 10.8 Å². The number of rotatable bonds is 4. The number of nitrogens with one attached hydrogen (secondary N) is 1. The quantitative estimate of drug-likeness (QED) is 0.939. The minimum absolute atomic E-state index is 0.0452. The molecule has 0 unspecified atom stereocenters. The first-order valence-corrected chi connectivity index (χ1v) is 6.98. The van der Waals surface area contributed by atoms with Crippen molar-refractivity contribution in [3.8, 4) is 10.9 Å². The minimum atomic E-state index is 0.0452. The molecule has 7 heteroatoms. The topological polar surface area (TPSA) is 59.9 Å². The van der Waals surface area contributed by atoms with Gasteiger partial charge in [-0.05, 0) is 20.8 Å². The molecule has 0 bridgehead atoms. The minimum Gasteiger partial charge on any atom is -0.428 e. The molecule has 2 aromatic heterocycles. The molecule has 0 amide bonds. The molecule has 0 fully saturated rings. The summed E-state index contributed by atoms with van der Waals surface area (Å²) in [6, 6.07) is 1.68. The Balaban J connectivity index is 1.97. The Kier molecular flexibility index (Phi) is 4.34. The van der Waals surface area contributed by atoms with E-state index in [2.05, 4.69) is 41.3 Å². The zero-order chi connectivity index (χ0) is 13.9. The van der Waals surface area contributed by atoms with E-state index in [0.29, 0.717) is 22.5 Å². The van der Waals surface area contributed by atoms with Crippen LogP contribution in [-0.2, 0) is 6.54 Å². The lowest BCUT2D eigenvalue weighted by Crippen LogP contribution is -2.35. The van der Waals surface area contributed by atoms with E-state index < -0.39 is 0 Å². The number of hydrogen-bond acceptors (Lipinski definition) is 6. The van der Waals surface area contributed by atoms with Crippen molar-refractivity contribution in [1.29, 1.82) is 0 Å². The van der Waals surface area contributed by atoms with Gasteiger partial charge in [-0.2, -0.15) is 0 Å². The number of hydrogen-bond donors (Lipinski definition) is 1. The molecular weight excluding hydrogens is 284 g/mol. The van der Waals surface area contributed by atoms with Crippen molar-refractivity contribution < 1.29 is 4.74 Å². The zero-order valence-corrected chi connectivity index (χ0v) is 12.5. The van der Waals surface area contributed by atoms with Crippen LogP contribution in [0.2, 0.25) is 5.02 Å². The van der Waals surface area contributed by atoms with Crippen LogP contribution in [0.25, 0.3) is 0 Å². The fourth-order valence-corrected chi connectivity index (χ4v) is 2.05. The summed E-state index contributed by atoms with van der Waals surface area (Å²) in [6.45, 7) is 6.97. The molecule has 0 aliphatic rings. The van der Waals surface area contributed by atoms with Crippen molar-refractivity contribution in [1.82, 2.24) is 20.5 Å². The van der Waals surface area contributed by atoms with Crippen LogP contribution in [0.5, 0.6) is 10.9 Å². The predicted molar refractivity (Wildman–Crippen MR) is 75.8 cm³/mol. The molecule has 102 valence electrons. The summed E-state index contributed by atoms with van der Waals surface area (Å²) in [6.07, 6.45) is 3.13. The van der Waals surface area contributed by atoms with Gasteiger partial charge in [0.15, 0.2) is 0 Å². The summed E-state index contributed by atoms with van der Waals surface area (Å²) in [5, 5.41) is 13.3. The molecular formula is C12H15ClN4OS. The van der Waals surface area contributed by atoms with Gasteiger partial charge in [-0.15, -0.1) is 5.10 Å². The van der Waals surface area contributed by atoms with Crippen LogP contribution in [0.15, 0.2) is 18.5 Å². The van der Waals surface area contributed by atoms with Gasteiger partial charge in [0.05, 0.1) is 17.8 Å². The Morgan fingerprint density at radius 2 is 2.11 bits per heavy atom. The third kappa shape index (κ3) is 4.74. The fraction of sp³-hybridized carbons (Fsp3) is 0.417. The van der Waals surface area contributed by atoms with Crippen molar-refractivity contribution in [2.24, 2.45) is 0 Å². The lowest BCUT2D eigenvalue weighted by molar-refractivity contribution is 0.423. The van der Waals surface area contributed by atoms with Crippen LogP contribution in [0.3, 0.4) is 0 Å². The van der Waals surface area contributed by atoms with Crippen molar-refractivity contribution >= 4 is 22.9 Å². The molecule has 0 aliphatic carbocycles. The second-order valence-electron chi connectivity index (χ2n) is 5.01. The number of aromatic nitrogens is 3. The van der Waals surface area contributed by atoms with Crippen LogP contribution in [0.1, 0.15) is 25.8 Å². The van der Waals surface area contributed by atoms with Gasteiger partial charge in [0.25, 0.3) is 5.19 Å². The normalized spacial score (nSPS) is 11.6. The highest BCUT2D eigenvalue weighted by atomic mass is 35.5. The molecule has 5 nitrogen and oxygen atoms in total. The molecule has 1 N–H and O–H groups in total. The van der Waals surface area contributed by atoms with Gasteiger partial charge in [-0.25, -0.2) is 0 Å². The Labute approximate surface area is 121 Å². The second-order valence-corrected chi connectivity index (χ2v) is 6.47. The highest BCUT2D eigenvalue weighted by Gasteiger charge is 2.12. The van der Waals surface area contributed by atoms with Gasteiger partial charge in [0, 0.05) is 17.8 Å². The summed E-state index contributed by atoms with van der Waals surface area (Å²) in [5.74, 6) is 0.555. The maximum Gasteiger partial charge on any atom is 0.299 e. The van der Waals surface area contributed by atoms with E-state index in [1.54, 1.807) is 18.5 Å². The SMILES string of the molecule is CC(C)(C)NCc1nnc(Oc2cncc(Cl)c2)s1. The molecule has 19 heavy (non-hydrogen) atoms. The first kappa shape index (κ1) is 14.2. The van der Waals surface area contributed by atoms with E-state index in [4.69, 9.17) is 16.3 Å². The third-order valence-corrected chi connectivity index (χ3v) is 3.11. The van der Waals surface area contributed by atoms with Crippen LogP contribution in [-0.4, -0.2) is 20.7 Å². The molecule has 0 spiro atoms. The molecule has 0 saturated heterocycles. The fourth-order valence-electron chi connectivity index (χ4n) is 1.24. The molecule has 0 aromatic carbocycles. The first-order valence-electron chi connectivity index (χ1n) is 5.78. The van der Waals surface area contributed by atoms with E-state index in [1.807, 2.05) is 0 Å². The predicted octanol–water partition coefficient (Wildman–Crippen LogP) is 3.27. The van der Waals surface area contributed by atoms with Crippen LogP contribution in [0.4, 0.5) is 0 Å². The summed E-state index contributed by atoms with van der Waals surface area (Å²) < 4.78 is 5.54. The number of nitrogens with zero attached hydrogens (tertiary/aromatic N) is 3. The lowest BCUT2D eigenvalue weighted by atomic mass is 10.1. The number of halogens is 1. The van der Waals surface area contributed by atoms with Crippen molar-refractivity contribution in [3.05, 3.63) is 28.5 Å². The summed E-state index contributed by atoms with van der Waals surface area (Å²) in [7, 11) is 0. The smallest absolute Gasteiger partial charge is 0.299 e. The summed E-state index contributed by atoms with van der Waals surface area (Å²) in [4.78, 5) is 3.94. The monoisotopic (exact) mass is 298 g/mol. The Morgan fingerprint density at radius 3 is 2.79 bits per heavy atom. The van der Waals surface area contributed by atoms with E-state index in [-0.39, 0.29) is 5.54 Å². The van der Waals surface area contributed by atoms with Gasteiger partial charge in [0.2, 0.25) is 0 Å². The van der Waals surface area contributed by atoms with Crippen LogP contribution < -0.4 is 10.1 Å². The van der Waals surface area contributed by atoms with Gasteiger partial charge >= 0.3 is 0 Å².